The van der Waals surface area contributed by atoms with Crippen molar-refractivity contribution in [1.29, 1.82) is 0 Å². The van der Waals surface area contributed by atoms with Crippen LogP contribution in [0.1, 0.15) is 34.8 Å². The van der Waals surface area contributed by atoms with Gasteiger partial charge >= 0.3 is 0 Å². The van der Waals surface area contributed by atoms with Gasteiger partial charge in [-0.3, -0.25) is 9.69 Å². The lowest BCUT2D eigenvalue weighted by atomic mass is 9.75. The molecule has 7 heteroatoms. The number of carbonyl (C=O) groups excluding carboxylic acids is 1. The lowest BCUT2D eigenvalue weighted by Gasteiger charge is -2.51. The van der Waals surface area contributed by atoms with Gasteiger partial charge in [-0.25, -0.2) is 4.98 Å². The molecule has 5 aliphatic heterocycles. The fourth-order valence-corrected chi connectivity index (χ4v) is 5.79. The molecule has 4 saturated heterocycles. The molecule has 0 radical (unpaired) electrons. The Balaban J connectivity index is 1.39. The van der Waals surface area contributed by atoms with E-state index >= 15 is 0 Å². The van der Waals surface area contributed by atoms with Crippen molar-refractivity contribution in [2.75, 3.05) is 26.4 Å². The number of hydrogen-bond acceptors (Lipinski definition) is 6. The van der Waals surface area contributed by atoms with Crippen molar-refractivity contribution in [2.45, 2.75) is 30.8 Å². The summed E-state index contributed by atoms with van der Waals surface area (Å²) in [4.78, 5) is 22.1. The minimum Gasteiger partial charge on any atom is -0.505 e. The number of benzene rings is 1. The number of carbonyl (C=O) groups is 1. The summed E-state index contributed by atoms with van der Waals surface area (Å²) in [7, 11) is 0. The van der Waals surface area contributed by atoms with E-state index in [2.05, 4.69) is 22.0 Å². The van der Waals surface area contributed by atoms with Crippen LogP contribution in [-0.4, -0.2) is 64.3 Å². The average Bonchev–Trinajstić information content (AvgIpc) is 3.40. The molecular weight excluding hydrogens is 370 g/mol. The summed E-state index contributed by atoms with van der Waals surface area (Å²) in [5.41, 5.74) is 1.33. The molecule has 6 heterocycles. The van der Waals surface area contributed by atoms with Crippen LogP contribution in [0.5, 0.6) is 17.2 Å². The summed E-state index contributed by atoms with van der Waals surface area (Å²) < 4.78 is 11.1. The van der Waals surface area contributed by atoms with Crippen molar-refractivity contribution in [3.63, 3.8) is 0 Å². The SMILES string of the molecule is O=C(c1ncccc1O)N1C[C@@H](c2ccc3c(c2)OCO3)[C@@H]2[C@H]1C1CCN2CC1. The van der Waals surface area contributed by atoms with Gasteiger partial charge < -0.3 is 19.5 Å². The van der Waals surface area contributed by atoms with E-state index in [9.17, 15) is 9.90 Å². The van der Waals surface area contributed by atoms with E-state index in [1.807, 2.05) is 11.0 Å². The average molecular weight is 393 g/mol. The van der Waals surface area contributed by atoms with Crippen molar-refractivity contribution >= 4 is 5.91 Å². The van der Waals surface area contributed by atoms with E-state index in [0.717, 1.165) is 37.4 Å². The van der Waals surface area contributed by atoms with Crippen molar-refractivity contribution in [1.82, 2.24) is 14.8 Å². The first-order valence-corrected chi connectivity index (χ1v) is 10.3. The van der Waals surface area contributed by atoms with E-state index in [1.54, 1.807) is 12.3 Å². The molecule has 1 aromatic carbocycles. The maximum atomic E-state index is 13.4. The Morgan fingerprint density at radius 2 is 1.93 bits per heavy atom. The molecule has 0 aliphatic carbocycles. The molecule has 5 aliphatic rings. The molecular formula is C22H23N3O4. The molecule has 7 nitrogen and oxygen atoms in total. The fourth-order valence-electron chi connectivity index (χ4n) is 5.79. The highest BCUT2D eigenvalue weighted by Crippen LogP contribution is 2.48. The molecule has 7 rings (SSSR count). The van der Waals surface area contributed by atoms with E-state index in [0.29, 0.717) is 12.5 Å². The zero-order chi connectivity index (χ0) is 19.5. The van der Waals surface area contributed by atoms with Gasteiger partial charge in [-0.2, -0.15) is 0 Å². The number of rotatable bonds is 2. The summed E-state index contributed by atoms with van der Waals surface area (Å²) in [6, 6.07) is 9.75. The zero-order valence-corrected chi connectivity index (χ0v) is 16.0. The number of ether oxygens (including phenoxy) is 2. The van der Waals surface area contributed by atoms with Gasteiger partial charge in [0.25, 0.3) is 5.91 Å². The number of aromatic nitrogens is 1. The lowest BCUT2D eigenvalue weighted by molar-refractivity contribution is -0.00367. The Bertz CT molecular complexity index is 972. The minimum absolute atomic E-state index is 0.0538. The fraction of sp³-hybridized carbons (Fsp3) is 0.455. The van der Waals surface area contributed by atoms with Gasteiger partial charge in [-0.15, -0.1) is 0 Å². The highest BCUT2D eigenvalue weighted by atomic mass is 16.7. The standard InChI is InChI=1S/C22H23N3O4/c26-16-2-1-7-23-19(16)22(27)25-11-15(14-3-4-17-18(10-14)29-12-28-17)21-20(25)13-5-8-24(21)9-6-13/h1-4,7,10,13,15,20-21,26H,5-6,8-9,11-12H2/t15-,20+,21+/m0/s1. The third-order valence-corrected chi connectivity index (χ3v) is 7.07. The van der Waals surface area contributed by atoms with Crippen LogP contribution in [-0.2, 0) is 0 Å². The Morgan fingerprint density at radius 3 is 2.76 bits per heavy atom. The Hall–Kier alpha value is -2.80. The molecule has 3 atom stereocenters. The van der Waals surface area contributed by atoms with Crippen LogP contribution in [0.4, 0.5) is 0 Å². The molecule has 0 unspecified atom stereocenters. The molecule has 1 aromatic heterocycles. The Kier molecular flexibility index (Phi) is 3.74. The van der Waals surface area contributed by atoms with Gasteiger partial charge in [-0.1, -0.05) is 6.07 Å². The van der Waals surface area contributed by atoms with Gasteiger partial charge in [0.1, 0.15) is 5.75 Å². The second-order valence-corrected chi connectivity index (χ2v) is 8.40. The minimum atomic E-state index is -0.171. The van der Waals surface area contributed by atoms with Crippen molar-refractivity contribution in [2.24, 2.45) is 5.92 Å². The zero-order valence-electron chi connectivity index (χ0n) is 16.0. The van der Waals surface area contributed by atoms with Gasteiger partial charge in [0.2, 0.25) is 6.79 Å². The lowest BCUT2D eigenvalue weighted by Crippen LogP contribution is -2.60. The maximum absolute atomic E-state index is 13.4. The molecule has 150 valence electrons. The van der Waals surface area contributed by atoms with Crippen molar-refractivity contribution in [3.05, 3.63) is 47.8 Å². The monoisotopic (exact) mass is 393 g/mol. The second kappa shape index (κ2) is 6.35. The number of aromatic hydroxyl groups is 1. The smallest absolute Gasteiger partial charge is 0.276 e. The first-order chi connectivity index (χ1) is 14.2. The van der Waals surface area contributed by atoms with Gasteiger partial charge in [0.15, 0.2) is 17.2 Å². The van der Waals surface area contributed by atoms with Crippen LogP contribution >= 0.6 is 0 Å². The summed E-state index contributed by atoms with van der Waals surface area (Å²) >= 11 is 0. The predicted molar refractivity (Wildman–Crippen MR) is 104 cm³/mol. The Labute approximate surface area is 168 Å². The van der Waals surface area contributed by atoms with E-state index in [-0.39, 0.29) is 42.1 Å². The highest BCUT2D eigenvalue weighted by molar-refractivity contribution is 5.95. The number of fused-ring (bicyclic) bond motifs is 3. The number of pyridine rings is 1. The molecule has 1 amide bonds. The summed E-state index contributed by atoms with van der Waals surface area (Å²) in [5, 5.41) is 10.2. The number of hydrogen-bond donors (Lipinski definition) is 1. The van der Waals surface area contributed by atoms with Crippen LogP contribution in [0, 0.1) is 5.92 Å². The topological polar surface area (TPSA) is 75.1 Å². The molecule has 4 fully saturated rings. The number of amides is 1. The van der Waals surface area contributed by atoms with Crippen molar-refractivity contribution in [3.8, 4) is 17.2 Å². The third-order valence-electron chi connectivity index (χ3n) is 7.07. The van der Waals surface area contributed by atoms with Crippen LogP contribution in [0.3, 0.4) is 0 Å². The molecule has 0 spiro atoms. The van der Waals surface area contributed by atoms with Crippen molar-refractivity contribution < 1.29 is 19.4 Å². The van der Waals surface area contributed by atoms with E-state index in [1.165, 1.54) is 11.6 Å². The number of nitrogens with zero attached hydrogens (tertiary/aromatic N) is 3. The van der Waals surface area contributed by atoms with Crippen LogP contribution in [0.15, 0.2) is 36.5 Å². The number of likely N-dealkylation sites (tertiary alicyclic amines) is 1. The summed E-state index contributed by atoms with van der Waals surface area (Å²) in [6.45, 7) is 3.05. The molecule has 1 N–H and O–H groups in total. The highest BCUT2D eigenvalue weighted by Gasteiger charge is 2.55. The third kappa shape index (κ3) is 2.53. The summed E-state index contributed by atoms with van der Waals surface area (Å²) in [6.07, 6.45) is 3.80. The maximum Gasteiger partial charge on any atom is 0.276 e. The van der Waals surface area contributed by atoms with E-state index < -0.39 is 0 Å². The first kappa shape index (κ1) is 17.1. The normalized spacial score (nSPS) is 31.7. The van der Waals surface area contributed by atoms with E-state index in [4.69, 9.17) is 9.47 Å². The summed E-state index contributed by atoms with van der Waals surface area (Å²) in [5.74, 6) is 2.03. The Morgan fingerprint density at radius 1 is 1.10 bits per heavy atom. The molecule has 2 aromatic rings. The molecule has 2 bridgehead atoms. The van der Waals surface area contributed by atoms with Crippen LogP contribution in [0.2, 0.25) is 0 Å². The van der Waals surface area contributed by atoms with Gasteiger partial charge in [-0.05, 0) is 61.7 Å². The largest absolute Gasteiger partial charge is 0.505 e. The first-order valence-electron chi connectivity index (χ1n) is 10.3. The van der Waals surface area contributed by atoms with Gasteiger partial charge in [0, 0.05) is 24.7 Å². The van der Waals surface area contributed by atoms with Crippen LogP contribution in [0.25, 0.3) is 0 Å². The molecule has 29 heavy (non-hydrogen) atoms. The quantitative estimate of drug-likeness (QED) is 0.843. The second-order valence-electron chi connectivity index (χ2n) is 8.40. The predicted octanol–water partition coefficient (Wildman–Crippen LogP) is 2.22. The van der Waals surface area contributed by atoms with Gasteiger partial charge in [0.05, 0.1) is 6.04 Å². The van der Waals surface area contributed by atoms with Crippen LogP contribution < -0.4 is 9.47 Å². The number of piperidine rings is 3. The molecule has 0 saturated carbocycles.